The van der Waals surface area contributed by atoms with Crippen molar-refractivity contribution in [2.24, 2.45) is 0 Å². The number of rotatable bonds is 5. The van der Waals surface area contributed by atoms with Crippen LogP contribution in [0.5, 0.6) is 0 Å². The Balaban J connectivity index is 1.69. The molecule has 28 heavy (non-hydrogen) atoms. The number of aryl methyl sites for hydroxylation is 3. The van der Waals surface area contributed by atoms with Gasteiger partial charge in [-0.2, -0.15) is 0 Å². The highest BCUT2D eigenvalue weighted by molar-refractivity contribution is 7.98. The van der Waals surface area contributed by atoms with Crippen LogP contribution < -0.4 is 0 Å². The van der Waals surface area contributed by atoms with Gasteiger partial charge in [-0.15, -0.1) is 10.2 Å². The number of thioether (sulfide) groups is 1. The molecule has 1 aliphatic rings. The van der Waals surface area contributed by atoms with E-state index in [1.807, 2.05) is 0 Å². The predicted molar refractivity (Wildman–Crippen MR) is 117 cm³/mol. The highest BCUT2D eigenvalue weighted by Gasteiger charge is 2.25. The standard InChI is InChI=1S/C24H29N3S/c1-17-13-14-18(2)21(15-17)16-28-24-26-25-23(20-10-5-4-6-11-20)27(24)22-12-8-7-9-19(22)3/h7-9,12-15,20H,4-6,10-11,16H2,1-3H3. The van der Waals surface area contributed by atoms with Crippen molar-refractivity contribution in [1.82, 2.24) is 14.8 Å². The maximum atomic E-state index is 4.70. The largest absolute Gasteiger partial charge is 0.274 e. The highest BCUT2D eigenvalue weighted by Crippen LogP contribution is 2.36. The van der Waals surface area contributed by atoms with Gasteiger partial charge in [0, 0.05) is 11.7 Å². The van der Waals surface area contributed by atoms with Crippen LogP contribution in [0.4, 0.5) is 0 Å². The number of aromatic nitrogens is 3. The van der Waals surface area contributed by atoms with Crippen LogP contribution in [-0.4, -0.2) is 14.8 Å². The summed E-state index contributed by atoms with van der Waals surface area (Å²) in [5.41, 5.74) is 6.52. The summed E-state index contributed by atoms with van der Waals surface area (Å²) in [7, 11) is 0. The Morgan fingerprint density at radius 3 is 2.50 bits per heavy atom. The van der Waals surface area contributed by atoms with Crippen molar-refractivity contribution in [3.05, 3.63) is 70.5 Å². The van der Waals surface area contributed by atoms with Crippen molar-refractivity contribution in [3.8, 4) is 5.69 Å². The lowest BCUT2D eigenvalue weighted by Crippen LogP contribution is -2.12. The second-order valence-corrected chi connectivity index (χ2v) is 8.96. The molecule has 2 aromatic carbocycles. The summed E-state index contributed by atoms with van der Waals surface area (Å²) in [6.45, 7) is 6.53. The van der Waals surface area contributed by atoms with Gasteiger partial charge in [0.05, 0.1) is 5.69 Å². The molecule has 146 valence electrons. The van der Waals surface area contributed by atoms with E-state index in [4.69, 9.17) is 5.10 Å². The third-order valence-electron chi connectivity index (χ3n) is 5.85. The van der Waals surface area contributed by atoms with E-state index in [-0.39, 0.29) is 0 Å². The summed E-state index contributed by atoms with van der Waals surface area (Å²) in [5.74, 6) is 2.59. The molecule has 1 heterocycles. The molecule has 1 saturated carbocycles. The zero-order valence-corrected chi connectivity index (χ0v) is 17.9. The molecular formula is C24H29N3S. The quantitative estimate of drug-likeness (QED) is 0.463. The fraction of sp³-hybridized carbons (Fsp3) is 0.417. The molecule has 3 aromatic rings. The molecule has 1 aliphatic carbocycles. The zero-order chi connectivity index (χ0) is 19.5. The van der Waals surface area contributed by atoms with Gasteiger partial charge >= 0.3 is 0 Å². The fourth-order valence-electron chi connectivity index (χ4n) is 4.14. The first kappa shape index (κ1) is 19.3. The lowest BCUT2D eigenvalue weighted by Gasteiger charge is -2.22. The van der Waals surface area contributed by atoms with Crippen LogP contribution in [0, 0.1) is 20.8 Å². The molecule has 0 spiro atoms. The van der Waals surface area contributed by atoms with Crippen LogP contribution in [0.2, 0.25) is 0 Å². The normalized spacial score (nSPS) is 15.1. The SMILES string of the molecule is Cc1ccc(C)c(CSc2nnc(C3CCCCC3)n2-c2ccccc2C)c1. The van der Waals surface area contributed by atoms with E-state index < -0.39 is 0 Å². The maximum absolute atomic E-state index is 4.70. The zero-order valence-electron chi connectivity index (χ0n) is 17.1. The van der Waals surface area contributed by atoms with Gasteiger partial charge in [-0.3, -0.25) is 4.57 Å². The number of nitrogens with zero attached hydrogens (tertiary/aromatic N) is 3. The molecular weight excluding hydrogens is 362 g/mol. The molecule has 0 saturated heterocycles. The first-order valence-electron chi connectivity index (χ1n) is 10.3. The summed E-state index contributed by atoms with van der Waals surface area (Å²) in [6.07, 6.45) is 6.41. The van der Waals surface area contributed by atoms with Crippen LogP contribution >= 0.6 is 11.8 Å². The van der Waals surface area contributed by atoms with Crippen LogP contribution in [0.3, 0.4) is 0 Å². The molecule has 3 nitrogen and oxygen atoms in total. The Hall–Kier alpha value is -2.07. The molecule has 4 heteroatoms. The van der Waals surface area contributed by atoms with Crippen molar-refractivity contribution in [1.29, 1.82) is 0 Å². The van der Waals surface area contributed by atoms with Crippen LogP contribution in [-0.2, 0) is 5.75 Å². The molecule has 0 radical (unpaired) electrons. The van der Waals surface area contributed by atoms with Gasteiger partial charge < -0.3 is 0 Å². The lowest BCUT2D eigenvalue weighted by atomic mass is 9.88. The molecule has 0 unspecified atom stereocenters. The molecule has 1 aromatic heterocycles. The number of para-hydroxylation sites is 1. The van der Waals surface area contributed by atoms with E-state index in [0.717, 1.165) is 16.7 Å². The van der Waals surface area contributed by atoms with Crippen molar-refractivity contribution in [3.63, 3.8) is 0 Å². The second kappa shape index (κ2) is 8.52. The predicted octanol–water partition coefficient (Wildman–Crippen LogP) is 6.53. The fourth-order valence-corrected chi connectivity index (χ4v) is 5.15. The molecule has 1 fully saturated rings. The Labute approximate surface area is 172 Å². The van der Waals surface area contributed by atoms with Gasteiger partial charge in [0.2, 0.25) is 0 Å². The maximum Gasteiger partial charge on any atom is 0.196 e. The Morgan fingerprint density at radius 1 is 0.929 bits per heavy atom. The lowest BCUT2D eigenvalue weighted by molar-refractivity contribution is 0.423. The van der Waals surface area contributed by atoms with Crippen molar-refractivity contribution in [2.75, 3.05) is 0 Å². The number of benzene rings is 2. The molecule has 0 atom stereocenters. The van der Waals surface area contributed by atoms with E-state index in [1.165, 1.54) is 60.0 Å². The summed E-state index contributed by atoms with van der Waals surface area (Å²) in [6, 6.07) is 15.3. The average molecular weight is 392 g/mol. The van der Waals surface area contributed by atoms with E-state index in [0.29, 0.717) is 5.92 Å². The molecule has 0 amide bonds. The first-order chi connectivity index (χ1) is 13.6. The van der Waals surface area contributed by atoms with Crippen molar-refractivity contribution < 1.29 is 0 Å². The number of hydrogen-bond acceptors (Lipinski definition) is 3. The minimum absolute atomic E-state index is 0.524. The first-order valence-corrected chi connectivity index (χ1v) is 11.3. The average Bonchev–Trinajstić information content (AvgIpc) is 3.13. The van der Waals surface area contributed by atoms with E-state index >= 15 is 0 Å². The van der Waals surface area contributed by atoms with Gasteiger partial charge in [-0.1, -0.05) is 73.0 Å². The van der Waals surface area contributed by atoms with Crippen LogP contribution in [0.25, 0.3) is 5.69 Å². The minimum atomic E-state index is 0.524. The highest BCUT2D eigenvalue weighted by atomic mass is 32.2. The third-order valence-corrected chi connectivity index (χ3v) is 6.82. The summed E-state index contributed by atoms with van der Waals surface area (Å²) in [4.78, 5) is 0. The molecule has 0 bridgehead atoms. The second-order valence-electron chi connectivity index (χ2n) is 8.02. The Kier molecular flexibility index (Phi) is 5.86. The van der Waals surface area contributed by atoms with E-state index in [2.05, 4.69) is 72.9 Å². The monoisotopic (exact) mass is 391 g/mol. The molecule has 0 N–H and O–H groups in total. The summed E-state index contributed by atoms with van der Waals surface area (Å²) in [5, 5.41) is 10.4. The van der Waals surface area contributed by atoms with Gasteiger partial charge in [-0.05, 0) is 56.4 Å². The summed E-state index contributed by atoms with van der Waals surface area (Å²) >= 11 is 1.80. The van der Waals surface area contributed by atoms with Crippen molar-refractivity contribution in [2.45, 2.75) is 69.7 Å². The van der Waals surface area contributed by atoms with Gasteiger partial charge in [0.1, 0.15) is 5.82 Å². The van der Waals surface area contributed by atoms with Gasteiger partial charge in [0.15, 0.2) is 5.16 Å². The van der Waals surface area contributed by atoms with Crippen LogP contribution in [0.1, 0.15) is 66.1 Å². The van der Waals surface area contributed by atoms with Crippen LogP contribution in [0.15, 0.2) is 47.6 Å². The smallest absolute Gasteiger partial charge is 0.196 e. The van der Waals surface area contributed by atoms with E-state index in [1.54, 1.807) is 11.8 Å². The Bertz CT molecular complexity index is 954. The molecule has 0 aliphatic heterocycles. The van der Waals surface area contributed by atoms with E-state index in [9.17, 15) is 0 Å². The topological polar surface area (TPSA) is 30.7 Å². The minimum Gasteiger partial charge on any atom is -0.274 e. The van der Waals surface area contributed by atoms with Crippen molar-refractivity contribution >= 4 is 11.8 Å². The third kappa shape index (κ3) is 4.02. The summed E-state index contributed by atoms with van der Waals surface area (Å²) < 4.78 is 2.33. The Morgan fingerprint density at radius 2 is 1.71 bits per heavy atom. The van der Waals surface area contributed by atoms with Gasteiger partial charge in [0.25, 0.3) is 0 Å². The number of hydrogen-bond donors (Lipinski definition) is 0. The van der Waals surface area contributed by atoms with Gasteiger partial charge in [-0.25, -0.2) is 0 Å². The molecule has 4 rings (SSSR count).